The fraction of sp³-hybridized carbons (Fsp3) is 0.304. The highest BCUT2D eigenvalue weighted by Crippen LogP contribution is 2.66. The summed E-state index contributed by atoms with van der Waals surface area (Å²) < 4.78 is 17.9. The van der Waals surface area contributed by atoms with E-state index in [1.807, 2.05) is 103 Å². The number of cyclic esters (lactones) is 1. The minimum absolute atomic E-state index is 0.0226. The Morgan fingerprint density at radius 1 is 0.900 bits per heavy atom. The lowest BCUT2D eigenvalue weighted by atomic mass is 9.65. The monoisotopic (exact) mass is 943 g/mol. The molecule has 70 heavy (non-hydrogen) atoms. The zero-order valence-corrected chi connectivity index (χ0v) is 39.6. The number of imide groups is 1. The number of ether oxygens (including phenoxy) is 3. The molecule has 14 heteroatoms. The maximum atomic E-state index is 16.6. The standard InChI is InChI=1S/C56H57N5O9/c1-6-30-57-51(63)45-48-53(65)70-49(40-24-14-9-15-25-40)47(39-22-12-8-13-23-39)61(48)50(41-26-16-17-27-44(41)69-33-32-62)56(45)42-34-37(21-18-31-59(4)35-38-19-10-7-11-20-38)28-29-43(42)60(54(56)66)55(67)58-46(36(2)3)52(64)68-5/h6-17,19-20,22-29,34,36,45-50,62H,1,30-33,35H2,2-5H3,(H,57,63)(H,58,67)/t45-,46-,47-,48-,49+,50+,56-/m0/s1. The molecule has 0 aromatic heterocycles. The van der Waals surface area contributed by atoms with E-state index in [9.17, 15) is 9.90 Å². The number of para-hydroxylation sites is 1. The molecule has 3 aliphatic heterocycles. The molecule has 2 saturated heterocycles. The van der Waals surface area contributed by atoms with Gasteiger partial charge in [-0.1, -0.05) is 141 Å². The summed E-state index contributed by atoms with van der Waals surface area (Å²) in [4.78, 5) is 80.6. The van der Waals surface area contributed by atoms with Gasteiger partial charge in [0.05, 0.1) is 44.0 Å². The average molecular weight is 944 g/mol. The number of hydrogen-bond acceptors (Lipinski definition) is 11. The van der Waals surface area contributed by atoms with Gasteiger partial charge in [0.25, 0.3) is 0 Å². The Kier molecular flexibility index (Phi) is 14.9. The Hall–Kier alpha value is -7.57. The number of fused-ring (bicyclic) bond motifs is 3. The van der Waals surface area contributed by atoms with E-state index >= 15 is 19.2 Å². The minimum Gasteiger partial charge on any atom is -0.491 e. The van der Waals surface area contributed by atoms with Crippen LogP contribution in [-0.4, -0.2) is 97.2 Å². The normalized spacial score (nSPS) is 21.8. The molecule has 5 aromatic carbocycles. The van der Waals surface area contributed by atoms with Crippen LogP contribution in [0, 0.1) is 23.7 Å². The number of esters is 2. The van der Waals surface area contributed by atoms with Gasteiger partial charge >= 0.3 is 18.0 Å². The van der Waals surface area contributed by atoms with Crippen LogP contribution in [0.3, 0.4) is 0 Å². The van der Waals surface area contributed by atoms with Crippen molar-refractivity contribution < 1.29 is 43.3 Å². The van der Waals surface area contributed by atoms with Crippen LogP contribution in [0.25, 0.3) is 0 Å². The van der Waals surface area contributed by atoms with E-state index in [4.69, 9.17) is 14.2 Å². The van der Waals surface area contributed by atoms with Gasteiger partial charge < -0.3 is 30.0 Å². The van der Waals surface area contributed by atoms with E-state index in [0.717, 1.165) is 10.5 Å². The van der Waals surface area contributed by atoms with Crippen LogP contribution in [0.5, 0.6) is 5.75 Å². The number of carbonyl (C=O) groups excluding carboxylic acids is 5. The van der Waals surface area contributed by atoms with Crippen molar-refractivity contribution in [3.05, 3.63) is 179 Å². The van der Waals surface area contributed by atoms with E-state index in [1.54, 1.807) is 56.3 Å². The van der Waals surface area contributed by atoms with Crippen LogP contribution >= 0.6 is 0 Å². The summed E-state index contributed by atoms with van der Waals surface area (Å²) in [6, 6.07) is 35.0. The summed E-state index contributed by atoms with van der Waals surface area (Å²) in [5, 5.41) is 15.8. The number of aliphatic hydroxyl groups is 1. The summed E-state index contributed by atoms with van der Waals surface area (Å²) >= 11 is 0. The van der Waals surface area contributed by atoms with Gasteiger partial charge in [0.2, 0.25) is 11.8 Å². The fourth-order valence-corrected chi connectivity index (χ4v) is 10.3. The molecule has 0 saturated carbocycles. The third kappa shape index (κ3) is 9.19. The maximum absolute atomic E-state index is 16.6. The summed E-state index contributed by atoms with van der Waals surface area (Å²) in [5.41, 5.74) is 1.60. The van der Waals surface area contributed by atoms with Crippen LogP contribution in [0.1, 0.15) is 65.4 Å². The first-order chi connectivity index (χ1) is 34.0. The third-order valence-electron chi connectivity index (χ3n) is 13.2. The largest absolute Gasteiger partial charge is 0.491 e. The predicted molar refractivity (Wildman–Crippen MR) is 263 cm³/mol. The highest BCUT2D eigenvalue weighted by molar-refractivity contribution is 6.25. The molecule has 8 rings (SSSR count). The van der Waals surface area contributed by atoms with E-state index in [2.05, 4.69) is 34.0 Å². The zero-order chi connectivity index (χ0) is 49.5. The smallest absolute Gasteiger partial charge is 0.329 e. The summed E-state index contributed by atoms with van der Waals surface area (Å²) in [7, 11) is 3.17. The number of rotatable bonds is 15. The quantitative estimate of drug-likeness (QED) is 0.0603. The number of aliphatic hydroxyl groups excluding tert-OH is 1. The van der Waals surface area contributed by atoms with Crippen LogP contribution in [0.2, 0.25) is 0 Å². The molecule has 4 amide bonds. The lowest BCUT2D eigenvalue weighted by Gasteiger charge is -2.46. The van der Waals surface area contributed by atoms with Crippen molar-refractivity contribution in [1.29, 1.82) is 0 Å². The van der Waals surface area contributed by atoms with E-state index < -0.39 is 77.3 Å². The SMILES string of the molecule is C=CCNC(=O)[C@@H]1[C@H]2C(=O)O[C@H](c3ccccc3)[C@H](c3ccccc3)N2[C@H](c2ccccc2OCCO)[C@@]12C(=O)N(C(=O)N[C@H](C(=O)OC)C(C)C)c1ccc(C#CCN(C)Cc3ccccc3)cc12. The number of nitrogens with zero attached hydrogens (tertiary/aromatic N) is 3. The minimum atomic E-state index is -2.13. The van der Waals surface area contributed by atoms with Crippen LogP contribution in [0.15, 0.2) is 146 Å². The van der Waals surface area contributed by atoms with E-state index in [-0.39, 0.29) is 36.8 Å². The van der Waals surface area contributed by atoms with Gasteiger partial charge in [-0.2, -0.15) is 0 Å². The molecular formula is C56H57N5O9. The molecule has 5 aromatic rings. The number of hydrogen-bond donors (Lipinski definition) is 3. The van der Waals surface area contributed by atoms with E-state index in [0.29, 0.717) is 35.3 Å². The molecule has 1 spiro atoms. The van der Waals surface area contributed by atoms with Crippen molar-refractivity contribution in [2.24, 2.45) is 11.8 Å². The molecule has 3 aliphatic rings. The van der Waals surface area contributed by atoms with Crippen molar-refractivity contribution >= 4 is 35.5 Å². The number of anilines is 1. The summed E-state index contributed by atoms with van der Waals surface area (Å²) in [6.45, 7) is 7.83. The lowest BCUT2D eigenvalue weighted by molar-refractivity contribution is -0.178. The molecule has 0 unspecified atom stereocenters. The number of amides is 4. The van der Waals surface area contributed by atoms with Gasteiger partial charge in [-0.3, -0.25) is 24.2 Å². The Morgan fingerprint density at radius 2 is 1.56 bits per heavy atom. The third-order valence-corrected chi connectivity index (χ3v) is 13.2. The van der Waals surface area contributed by atoms with Gasteiger partial charge in [-0.05, 0) is 59.5 Å². The van der Waals surface area contributed by atoms with Gasteiger partial charge in [0.15, 0.2) is 0 Å². The Balaban J connectivity index is 1.42. The first-order valence-corrected chi connectivity index (χ1v) is 23.3. The second-order valence-electron chi connectivity index (χ2n) is 17.9. The number of carbonyl (C=O) groups is 5. The molecule has 3 heterocycles. The maximum Gasteiger partial charge on any atom is 0.329 e. The molecule has 0 bridgehead atoms. The Labute approximate surface area is 408 Å². The van der Waals surface area contributed by atoms with Crippen LogP contribution in [-0.2, 0) is 40.6 Å². The van der Waals surface area contributed by atoms with Gasteiger partial charge in [0.1, 0.15) is 36.0 Å². The van der Waals surface area contributed by atoms with Crippen LogP contribution in [0.4, 0.5) is 10.5 Å². The number of benzene rings is 5. The Bertz CT molecular complexity index is 2800. The van der Waals surface area contributed by atoms with Crippen molar-refractivity contribution in [2.45, 2.75) is 56.1 Å². The van der Waals surface area contributed by atoms with Crippen LogP contribution < -0.4 is 20.3 Å². The topological polar surface area (TPSA) is 167 Å². The first kappa shape index (κ1) is 48.9. The number of morpholine rings is 1. The second-order valence-corrected chi connectivity index (χ2v) is 17.9. The number of methoxy groups -OCH3 is 1. The molecule has 360 valence electrons. The average Bonchev–Trinajstić information content (AvgIpc) is 3.83. The summed E-state index contributed by atoms with van der Waals surface area (Å²) in [5.74, 6) is 1.77. The van der Waals surface area contributed by atoms with Gasteiger partial charge in [-0.15, -0.1) is 6.58 Å². The van der Waals surface area contributed by atoms with Crippen molar-refractivity contribution in [3.8, 4) is 17.6 Å². The molecular weight excluding hydrogens is 887 g/mol. The molecule has 7 atom stereocenters. The molecule has 2 fully saturated rings. The zero-order valence-electron chi connectivity index (χ0n) is 39.6. The predicted octanol–water partition coefficient (Wildman–Crippen LogP) is 6.42. The number of urea groups is 1. The second kappa shape index (κ2) is 21.4. The Morgan fingerprint density at radius 3 is 2.21 bits per heavy atom. The highest BCUT2D eigenvalue weighted by Gasteiger charge is 2.76. The lowest BCUT2D eigenvalue weighted by Crippen LogP contribution is -2.57. The van der Waals surface area contributed by atoms with E-state index in [1.165, 1.54) is 13.2 Å². The molecule has 0 radical (unpaired) electrons. The van der Waals surface area contributed by atoms with Crippen molar-refractivity contribution in [2.75, 3.05) is 45.4 Å². The number of nitrogens with one attached hydrogen (secondary N) is 2. The first-order valence-electron chi connectivity index (χ1n) is 23.3. The summed E-state index contributed by atoms with van der Waals surface area (Å²) in [6.07, 6.45) is 0.537. The molecule has 0 aliphatic carbocycles. The van der Waals surface area contributed by atoms with Crippen molar-refractivity contribution in [3.63, 3.8) is 0 Å². The van der Waals surface area contributed by atoms with Gasteiger partial charge in [0, 0.05) is 24.2 Å². The van der Waals surface area contributed by atoms with Gasteiger partial charge in [-0.25, -0.2) is 14.5 Å². The molecule has 3 N–H and O–H groups in total. The molecule has 14 nitrogen and oxygen atoms in total. The highest BCUT2D eigenvalue weighted by atomic mass is 16.6. The fourth-order valence-electron chi connectivity index (χ4n) is 10.3. The van der Waals surface area contributed by atoms with Crippen molar-refractivity contribution in [1.82, 2.24) is 20.4 Å².